The molecule has 0 bridgehead atoms. The zero-order valence-corrected chi connectivity index (χ0v) is 15.5. The Morgan fingerprint density at radius 2 is 1.84 bits per heavy atom. The third-order valence-electron chi connectivity index (χ3n) is 4.28. The van der Waals surface area contributed by atoms with Crippen LogP contribution < -0.4 is 5.32 Å². The van der Waals surface area contributed by atoms with Crippen LogP contribution in [0.2, 0.25) is 0 Å². The number of anilines is 1. The van der Waals surface area contributed by atoms with Crippen LogP contribution in [0.15, 0.2) is 42.7 Å². The Hall–Kier alpha value is -2.53. The summed E-state index contributed by atoms with van der Waals surface area (Å²) in [6.45, 7) is 5.95. The van der Waals surface area contributed by atoms with Gasteiger partial charge in [-0.1, -0.05) is 12.1 Å². The van der Waals surface area contributed by atoms with E-state index in [9.17, 15) is 4.79 Å². The van der Waals surface area contributed by atoms with Crippen LogP contribution in [-0.4, -0.2) is 15.9 Å². The van der Waals surface area contributed by atoms with E-state index in [1.165, 1.54) is 16.9 Å². The number of hydrogen-bond acceptors (Lipinski definition) is 4. The molecule has 3 aromatic rings. The Morgan fingerprint density at radius 3 is 2.60 bits per heavy atom. The molecule has 1 N–H and O–H groups in total. The molecule has 1 amide bonds. The molecule has 25 heavy (non-hydrogen) atoms. The van der Waals surface area contributed by atoms with E-state index in [1.807, 2.05) is 51.1 Å². The number of thiazole rings is 1. The standard InChI is InChI=1S/C20H21N3OS/c1-13-5-4-6-17(14(13)2)23-20(24)19-15(3)22-18(25-19)8-7-16-9-11-21-12-10-16/h4-6,9-12H,7-8H2,1-3H3,(H,23,24). The summed E-state index contributed by atoms with van der Waals surface area (Å²) in [5.74, 6) is -0.0844. The second-order valence-corrected chi connectivity index (χ2v) is 7.16. The van der Waals surface area contributed by atoms with Gasteiger partial charge in [0.2, 0.25) is 0 Å². The van der Waals surface area contributed by atoms with Crippen LogP contribution in [0.25, 0.3) is 0 Å². The number of benzene rings is 1. The van der Waals surface area contributed by atoms with Gasteiger partial charge in [-0.05, 0) is 62.1 Å². The third-order valence-corrected chi connectivity index (χ3v) is 5.49. The van der Waals surface area contributed by atoms with Gasteiger partial charge in [-0.25, -0.2) is 4.98 Å². The average Bonchev–Trinajstić information content (AvgIpc) is 2.99. The number of nitrogens with zero attached hydrogens (tertiary/aromatic N) is 2. The first kappa shape index (κ1) is 17.3. The number of carbonyl (C=O) groups is 1. The van der Waals surface area contributed by atoms with Crippen molar-refractivity contribution < 1.29 is 4.79 Å². The van der Waals surface area contributed by atoms with Gasteiger partial charge < -0.3 is 5.32 Å². The van der Waals surface area contributed by atoms with E-state index in [1.54, 1.807) is 12.4 Å². The number of aryl methyl sites for hydroxylation is 4. The molecule has 0 atom stereocenters. The fourth-order valence-electron chi connectivity index (χ4n) is 2.64. The molecular formula is C20H21N3OS. The molecular weight excluding hydrogens is 330 g/mol. The molecule has 0 saturated heterocycles. The Bertz CT molecular complexity index is 887. The summed E-state index contributed by atoms with van der Waals surface area (Å²) in [6.07, 6.45) is 5.32. The highest BCUT2D eigenvalue weighted by molar-refractivity contribution is 7.13. The molecule has 0 saturated carbocycles. The predicted molar refractivity (Wildman–Crippen MR) is 102 cm³/mol. The highest BCUT2D eigenvalue weighted by Gasteiger charge is 2.16. The molecule has 4 nitrogen and oxygen atoms in total. The summed E-state index contributed by atoms with van der Waals surface area (Å²) >= 11 is 1.48. The first-order valence-corrected chi connectivity index (χ1v) is 9.09. The monoisotopic (exact) mass is 351 g/mol. The van der Waals surface area contributed by atoms with Crippen molar-refractivity contribution in [2.24, 2.45) is 0 Å². The normalized spacial score (nSPS) is 10.7. The minimum atomic E-state index is -0.0844. The first-order valence-electron chi connectivity index (χ1n) is 8.27. The topological polar surface area (TPSA) is 54.9 Å². The van der Waals surface area contributed by atoms with Crippen molar-refractivity contribution in [1.82, 2.24) is 9.97 Å². The molecule has 2 heterocycles. The smallest absolute Gasteiger partial charge is 0.267 e. The third kappa shape index (κ3) is 4.12. The van der Waals surface area contributed by atoms with Crippen LogP contribution in [0, 0.1) is 20.8 Å². The van der Waals surface area contributed by atoms with Crippen molar-refractivity contribution in [1.29, 1.82) is 0 Å². The van der Waals surface area contributed by atoms with Crippen molar-refractivity contribution in [3.05, 3.63) is 75.0 Å². The van der Waals surface area contributed by atoms with Gasteiger partial charge in [0.1, 0.15) is 4.88 Å². The lowest BCUT2D eigenvalue weighted by atomic mass is 10.1. The molecule has 2 aromatic heterocycles. The van der Waals surface area contributed by atoms with Gasteiger partial charge in [0, 0.05) is 24.5 Å². The minimum absolute atomic E-state index is 0.0844. The van der Waals surface area contributed by atoms with E-state index < -0.39 is 0 Å². The van der Waals surface area contributed by atoms with Gasteiger partial charge in [0.25, 0.3) is 5.91 Å². The van der Waals surface area contributed by atoms with Crippen LogP contribution in [-0.2, 0) is 12.8 Å². The van der Waals surface area contributed by atoms with Gasteiger partial charge in [0.15, 0.2) is 0 Å². The highest BCUT2D eigenvalue weighted by atomic mass is 32.1. The number of rotatable bonds is 5. The summed E-state index contributed by atoms with van der Waals surface area (Å²) in [4.78, 5) is 21.9. The van der Waals surface area contributed by atoms with E-state index in [0.717, 1.165) is 40.4 Å². The van der Waals surface area contributed by atoms with Crippen LogP contribution in [0.4, 0.5) is 5.69 Å². The van der Waals surface area contributed by atoms with Gasteiger partial charge in [0.05, 0.1) is 10.7 Å². The Balaban J connectivity index is 1.71. The molecule has 0 spiro atoms. The van der Waals surface area contributed by atoms with Gasteiger partial charge in [-0.15, -0.1) is 11.3 Å². The molecule has 5 heteroatoms. The molecule has 1 aromatic carbocycles. The van der Waals surface area contributed by atoms with Crippen molar-refractivity contribution in [3.63, 3.8) is 0 Å². The summed E-state index contributed by atoms with van der Waals surface area (Å²) in [5.41, 5.74) is 5.13. The molecule has 128 valence electrons. The Labute approximate surface area is 152 Å². The number of hydrogen-bond donors (Lipinski definition) is 1. The lowest BCUT2D eigenvalue weighted by molar-refractivity contribution is 0.102. The van der Waals surface area contributed by atoms with E-state index in [4.69, 9.17) is 0 Å². The summed E-state index contributed by atoms with van der Waals surface area (Å²) < 4.78 is 0. The van der Waals surface area contributed by atoms with E-state index in [2.05, 4.69) is 15.3 Å². The Morgan fingerprint density at radius 1 is 1.08 bits per heavy atom. The minimum Gasteiger partial charge on any atom is -0.321 e. The highest BCUT2D eigenvalue weighted by Crippen LogP contribution is 2.23. The fourth-order valence-corrected chi connectivity index (χ4v) is 3.60. The molecule has 0 fully saturated rings. The molecule has 0 aliphatic carbocycles. The SMILES string of the molecule is Cc1cccc(NC(=O)c2sc(CCc3ccncc3)nc2C)c1C. The number of pyridine rings is 1. The number of amides is 1. The number of carbonyl (C=O) groups excluding carboxylic acids is 1. The van der Waals surface area contributed by atoms with Gasteiger partial charge >= 0.3 is 0 Å². The average molecular weight is 351 g/mol. The number of aromatic nitrogens is 2. The molecule has 0 aliphatic rings. The zero-order chi connectivity index (χ0) is 17.8. The van der Waals surface area contributed by atoms with Crippen molar-refractivity contribution >= 4 is 22.9 Å². The predicted octanol–water partition coefficient (Wildman–Crippen LogP) is 4.50. The molecule has 0 radical (unpaired) electrons. The molecule has 0 unspecified atom stereocenters. The fraction of sp³-hybridized carbons (Fsp3) is 0.250. The zero-order valence-electron chi connectivity index (χ0n) is 14.7. The van der Waals surface area contributed by atoms with E-state index in [0.29, 0.717) is 4.88 Å². The second-order valence-electron chi connectivity index (χ2n) is 6.08. The lowest BCUT2D eigenvalue weighted by Gasteiger charge is -2.09. The number of nitrogens with one attached hydrogen (secondary N) is 1. The first-order chi connectivity index (χ1) is 12.0. The van der Waals surface area contributed by atoms with Crippen LogP contribution in [0.1, 0.15) is 37.1 Å². The summed E-state index contributed by atoms with van der Waals surface area (Å²) in [6, 6.07) is 9.95. The van der Waals surface area contributed by atoms with Crippen molar-refractivity contribution in [2.45, 2.75) is 33.6 Å². The van der Waals surface area contributed by atoms with Crippen LogP contribution in [0.3, 0.4) is 0 Å². The summed E-state index contributed by atoms with van der Waals surface area (Å²) in [5, 5.41) is 4.01. The summed E-state index contributed by atoms with van der Waals surface area (Å²) in [7, 11) is 0. The molecule has 3 rings (SSSR count). The lowest BCUT2D eigenvalue weighted by Crippen LogP contribution is -2.12. The quantitative estimate of drug-likeness (QED) is 0.736. The molecule has 0 aliphatic heterocycles. The van der Waals surface area contributed by atoms with E-state index in [-0.39, 0.29) is 5.91 Å². The maximum absolute atomic E-state index is 12.6. The van der Waals surface area contributed by atoms with Crippen molar-refractivity contribution in [2.75, 3.05) is 5.32 Å². The van der Waals surface area contributed by atoms with Crippen molar-refractivity contribution in [3.8, 4) is 0 Å². The van der Waals surface area contributed by atoms with Crippen LogP contribution in [0.5, 0.6) is 0 Å². The van der Waals surface area contributed by atoms with Gasteiger partial charge in [-0.2, -0.15) is 0 Å². The maximum Gasteiger partial charge on any atom is 0.267 e. The van der Waals surface area contributed by atoms with Gasteiger partial charge in [-0.3, -0.25) is 9.78 Å². The van der Waals surface area contributed by atoms with E-state index >= 15 is 0 Å². The largest absolute Gasteiger partial charge is 0.321 e. The Kier molecular flexibility index (Phi) is 5.24. The second kappa shape index (κ2) is 7.57. The van der Waals surface area contributed by atoms with Crippen LogP contribution >= 0.6 is 11.3 Å². The maximum atomic E-state index is 12.6.